The Balaban J connectivity index is 2.07. The van der Waals surface area contributed by atoms with Gasteiger partial charge in [-0.1, -0.05) is 0 Å². The fraction of sp³-hybridized carbons (Fsp3) is 0.500. The molecule has 0 spiro atoms. The van der Waals surface area contributed by atoms with Crippen molar-refractivity contribution in [2.45, 2.75) is 40.2 Å². The summed E-state index contributed by atoms with van der Waals surface area (Å²) in [6.45, 7) is 7.81. The Labute approximate surface area is 128 Å². The molecule has 7 heteroatoms. The van der Waals surface area contributed by atoms with Gasteiger partial charge in [-0.2, -0.15) is 5.10 Å². The first-order valence-corrected chi connectivity index (χ1v) is 7.62. The number of carbonyl (C=O) groups excluding carboxylic acids is 1. The van der Waals surface area contributed by atoms with Crippen molar-refractivity contribution in [3.8, 4) is 0 Å². The number of nitrogen functional groups attached to an aromatic ring is 1. The van der Waals surface area contributed by atoms with Gasteiger partial charge in [-0.05, 0) is 27.7 Å². The van der Waals surface area contributed by atoms with E-state index in [1.165, 1.54) is 11.3 Å². The number of thiazole rings is 1. The maximum absolute atomic E-state index is 12.2. The van der Waals surface area contributed by atoms with E-state index in [0.29, 0.717) is 11.6 Å². The first kappa shape index (κ1) is 15.5. The summed E-state index contributed by atoms with van der Waals surface area (Å²) in [4.78, 5) is 17.2. The predicted molar refractivity (Wildman–Crippen MR) is 84.2 cm³/mol. The Bertz CT molecular complexity index is 673. The molecule has 1 amide bonds. The van der Waals surface area contributed by atoms with E-state index in [2.05, 4.69) is 15.4 Å². The molecule has 0 saturated carbocycles. The van der Waals surface area contributed by atoms with Crippen molar-refractivity contribution >= 4 is 22.4 Å². The third-order valence-electron chi connectivity index (χ3n) is 3.61. The minimum Gasteiger partial charge on any atom is -0.375 e. The highest BCUT2D eigenvalue weighted by molar-refractivity contribution is 7.15. The molecule has 0 radical (unpaired) electrons. The summed E-state index contributed by atoms with van der Waals surface area (Å²) >= 11 is 1.37. The summed E-state index contributed by atoms with van der Waals surface area (Å²) in [5.74, 6) is -0.0306. The SMILES string of the molecule is Cc1nc(N)sc1CC(=O)N[C@@H](C)c1c(C)nn(C)c1C. The van der Waals surface area contributed by atoms with Gasteiger partial charge < -0.3 is 11.1 Å². The fourth-order valence-electron chi connectivity index (χ4n) is 2.54. The molecule has 3 N–H and O–H groups in total. The second kappa shape index (κ2) is 5.85. The highest BCUT2D eigenvalue weighted by atomic mass is 32.1. The molecule has 21 heavy (non-hydrogen) atoms. The van der Waals surface area contributed by atoms with Crippen LogP contribution in [-0.4, -0.2) is 20.7 Å². The van der Waals surface area contributed by atoms with Gasteiger partial charge in [0.25, 0.3) is 0 Å². The van der Waals surface area contributed by atoms with Crippen LogP contribution in [0.25, 0.3) is 0 Å². The van der Waals surface area contributed by atoms with Crippen LogP contribution >= 0.6 is 11.3 Å². The number of aromatic nitrogens is 3. The van der Waals surface area contributed by atoms with Crippen LogP contribution in [0.4, 0.5) is 5.13 Å². The van der Waals surface area contributed by atoms with Crippen molar-refractivity contribution in [2.24, 2.45) is 7.05 Å². The monoisotopic (exact) mass is 307 g/mol. The Hall–Kier alpha value is -1.89. The first-order valence-electron chi connectivity index (χ1n) is 6.80. The smallest absolute Gasteiger partial charge is 0.225 e. The molecule has 0 aliphatic rings. The summed E-state index contributed by atoms with van der Waals surface area (Å²) in [6.07, 6.45) is 0.309. The average molecular weight is 307 g/mol. The van der Waals surface area contributed by atoms with Gasteiger partial charge in [-0.15, -0.1) is 11.3 Å². The average Bonchev–Trinajstić information content (AvgIpc) is 2.79. The Kier molecular flexibility index (Phi) is 4.32. The van der Waals surface area contributed by atoms with Crippen molar-refractivity contribution in [2.75, 3.05) is 5.73 Å². The van der Waals surface area contributed by atoms with E-state index in [9.17, 15) is 4.79 Å². The quantitative estimate of drug-likeness (QED) is 0.902. The van der Waals surface area contributed by atoms with Gasteiger partial charge in [-0.3, -0.25) is 9.48 Å². The molecular weight excluding hydrogens is 286 g/mol. The molecule has 2 aromatic rings. The Morgan fingerprint density at radius 1 is 1.38 bits per heavy atom. The van der Waals surface area contributed by atoms with E-state index in [1.54, 1.807) is 0 Å². The Morgan fingerprint density at radius 3 is 2.52 bits per heavy atom. The normalized spacial score (nSPS) is 12.4. The van der Waals surface area contributed by atoms with Crippen LogP contribution < -0.4 is 11.1 Å². The molecule has 2 aromatic heterocycles. The van der Waals surface area contributed by atoms with Crippen LogP contribution in [0, 0.1) is 20.8 Å². The van der Waals surface area contributed by atoms with E-state index in [0.717, 1.165) is 27.5 Å². The second-order valence-electron chi connectivity index (χ2n) is 5.23. The maximum atomic E-state index is 12.2. The predicted octanol–water partition coefficient (Wildman–Crippen LogP) is 1.80. The number of aryl methyl sites for hydroxylation is 3. The van der Waals surface area contributed by atoms with Gasteiger partial charge in [-0.25, -0.2) is 4.98 Å². The first-order chi connectivity index (χ1) is 9.79. The summed E-state index contributed by atoms with van der Waals surface area (Å²) in [5, 5.41) is 7.91. The summed E-state index contributed by atoms with van der Waals surface area (Å²) in [6, 6.07) is -0.0724. The van der Waals surface area contributed by atoms with E-state index < -0.39 is 0 Å². The molecule has 0 aliphatic heterocycles. The van der Waals surface area contributed by atoms with Crippen LogP contribution in [0.5, 0.6) is 0 Å². The zero-order valence-corrected chi connectivity index (χ0v) is 13.8. The lowest BCUT2D eigenvalue weighted by atomic mass is 10.1. The van der Waals surface area contributed by atoms with Crippen molar-refractivity contribution in [3.05, 3.63) is 27.5 Å². The summed E-state index contributed by atoms with van der Waals surface area (Å²) in [5.41, 5.74) is 9.57. The zero-order chi connectivity index (χ0) is 15.7. The van der Waals surface area contributed by atoms with Gasteiger partial charge in [0.1, 0.15) is 0 Å². The standard InChI is InChI=1S/C14H21N5OS/c1-7-11(21-14(15)17-7)6-12(20)16-8(2)13-9(3)18-19(5)10(13)4/h8H,6H2,1-5H3,(H2,15,17)(H,16,20)/t8-/m0/s1. The summed E-state index contributed by atoms with van der Waals surface area (Å²) < 4.78 is 1.83. The molecular formula is C14H21N5OS. The molecule has 114 valence electrons. The van der Waals surface area contributed by atoms with Crippen molar-refractivity contribution < 1.29 is 4.79 Å². The molecule has 2 heterocycles. The number of rotatable bonds is 4. The highest BCUT2D eigenvalue weighted by Gasteiger charge is 2.19. The number of carbonyl (C=O) groups is 1. The lowest BCUT2D eigenvalue weighted by Crippen LogP contribution is -2.28. The molecule has 0 bridgehead atoms. The number of nitrogens with one attached hydrogen (secondary N) is 1. The highest BCUT2D eigenvalue weighted by Crippen LogP contribution is 2.22. The molecule has 0 fully saturated rings. The fourth-order valence-corrected chi connectivity index (χ4v) is 3.37. The second-order valence-corrected chi connectivity index (χ2v) is 6.35. The van der Waals surface area contributed by atoms with Crippen LogP contribution in [0.2, 0.25) is 0 Å². The molecule has 1 atom stereocenters. The molecule has 0 unspecified atom stereocenters. The van der Waals surface area contributed by atoms with E-state index in [-0.39, 0.29) is 11.9 Å². The lowest BCUT2D eigenvalue weighted by molar-refractivity contribution is -0.121. The van der Waals surface area contributed by atoms with Crippen LogP contribution in [-0.2, 0) is 18.3 Å². The lowest BCUT2D eigenvalue weighted by Gasteiger charge is -2.14. The third-order valence-corrected chi connectivity index (χ3v) is 4.59. The van der Waals surface area contributed by atoms with Crippen LogP contribution in [0.3, 0.4) is 0 Å². The minimum absolute atomic E-state index is 0.0306. The number of hydrogen-bond acceptors (Lipinski definition) is 5. The largest absolute Gasteiger partial charge is 0.375 e. The number of amides is 1. The van der Waals surface area contributed by atoms with Gasteiger partial charge in [0.05, 0.1) is 23.9 Å². The molecule has 0 aliphatic carbocycles. The number of nitrogens with two attached hydrogens (primary N) is 1. The zero-order valence-electron chi connectivity index (χ0n) is 13.0. The number of nitrogens with zero attached hydrogens (tertiary/aromatic N) is 3. The van der Waals surface area contributed by atoms with Crippen LogP contribution in [0.15, 0.2) is 0 Å². The molecule has 0 saturated heterocycles. The Morgan fingerprint density at radius 2 is 2.05 bits per heavy atom. The minimum atomic E-state index is -0.0724. The van der Waals surface area contributed by atoms with Gasteiger partial charge >= 0.3 is 0 Å². The van der Waals surface area contributed by atoms with Gasteiger partial charge in [0, 0.05) is 23.2 Å². The number of anilines is 1. The van der Waals surface area contributed by atoms with Crippen LogP contribution in [0.1, 0.15) is 40.5 Å². The van der Waals surface area contributed by atoms with E-state index in [4.69, 9.17) is 5.73 Å². The maximum Gasteiger partial charge on any atom is 0.225 e. The van der Waals surface area contributed by atoms with Crippen molar-refractivity contribution in [1.82, 2.24) is 20.1 Å². The van der Waals surface area contributed by atoms with E-state index in [1.807, 2.05) is 39.4 Å². The topological polar surface area (TPSA) is 85.8 Å². The van der Waals surface area contributed by atoms with Gasteiger partial charge in [0.15, 0.2) is 5.13 Å². The van der Waals surface area contributed by atoms with Crippen molar-refractivity contribution in [3.63, 3.8) is 0 Å². The van der Waals surface area contributed by atoms with E-state index >= 15 is 0 Å². The third kappa shape index (κ3) is 3.24. The van der Waals surface area contributed by atoms with Crippen molar-refractivity contribution in [1.29, 1.82) is 0 Å². The molecule has 6 nitrogen and oxygen atoms in total. The number of hydrogen-bond donors (Lipinski definition) is 2. The molecule has 2 rings (SSSR count). The summed E-state index contributed by atoms with van der Waals surface area (Å²) in [7, 11) is 1.91. The van der Waals surface area contributed by atoms with Gasteiger partial charge in [0.2, 0.25) is 5.91 Å². The molecule has 0 aromatic carbocycles.